The Hall–Kier alpha value is -2.30. The molecule has 0 N–H and O–H groups in total. The molecule has 25 heavy (non-hydrogen) atoms. The number of benzene rings is 2. The van der Waals surface area contributed by atoms with Crippen molar-refractivity contribution in [1.29, 1.82) is 0 Å². The zero-order valence-corrected chi connectivity index (χ0v) is 15.4. The predicted molar refractivity (Wildman–Crippen MR) is 98.1 cm³/mol. The molecule has 0 saturated carbocycles. The van der Waals surface area contributed by atoms with E-state index in [4.69, 9.17) is 27.9 Å². The van der Waals surface area contributed by atoms with Crippen LogP contribution in [0.5, 0.6) is 5.75 Å². The van der Waals surface area contributed by atoms with Crippen LogP contribution in [0.25, 0.3) is 0 Å². The second-order valence-electron chi connectivity index (χ2n) is 5.85. The maximum atomic E-state index is 12.7. The molecule has 2 aromatic rings. The summed E-state index contributed by atoms with van der Waals surface area (Å²) in [7, 11) is 0. The van der Waals surface area contributed by atoms with Gasteiger partial charge in [-0.05, 0) is 55.7 Å². The number of imide groups is 1. The van der Waals surface area contributed by atoms with Gasteiger partial charge in [-0.2, -0.15) is 0 Å². The van der Waals surface area contributed by atoms with Crippen molar-refractivity contribution in [3.05, 3.63) is 68.9 Å². The minimum absolute atomic E-state index is 0.195. The van der Waals surface area contributed by atoms with Gasteiger partial charge in [0.1, 0.15) is 5.75 Å². The minimum Gasteiger partial charge on any atom is -0.449 e. The van der Waals surface area contributed by atoms with Crippen LogP contribution in [0.3, 0.4) is 0 Å². The van der Waals surface area contributed by atoms with Crippen LogP contribution in [0.15, 0.2) is 47.2 Å². The summed E-state index contributed by atoms with van der Waals surface area (Å²) < 4.78 is 5.75. The van der Waals surface area contributed by atoms with E-state index in [9.17, 15) is 9.59 Å². The molecule has 0 atom stereocenters. The van der Waals surface area contributed by atoms with E-state index in [1.807, 2.05) is 26.8 Å². The molecule has 128 valence electrons. The second-order valence-corrected chi connectivity index (χ2v) is 6.63. The molecule has 1 heterocycles. The standard InChI is InChI=1S/C19H15Cl2NO3/c1-10-8-11(2)12(3)15(9-10)25-17-16(21)18(23)22(19(17)24)14-7-5-4-6-13(14)20/h4-9H,1-3H3. The summed E-state index contributed by atoms with van der Waals surface area (Å²) in [5.74, 6) is -0.994. The SMILES string of the molecule is Cc1cc(C)c(C)c(OC2=C(Cl)C(=O)N(c3ccccc3Cl)C2=O)c1. The van der Waals surface area contributed by atoms with Crippen LogP contribution < -0.4 is 9.64 Å². The summed E-state index contributed by atoms with van der Waals surface area (Å²) in [6.45, 7) is 5.75. The van der Waals surface area contributed by atoms with Gasteiger partial charge in [0.15, 0.2) is 5.03 Å². The number of anilines is 1. The summed E-state index contributed by atoms with van der Waals surface area (Å²) in [6.07, 6.45) is 0. The Labute approximate surface area is 155 Å². The fourth-order valence-electron chi connectivity index (χ4n) is 2.64. The van der Waals surface area contributed by atoms with Gasteiger partial charge >= 0.3 is 5.91 Å². The summed E-state index contributed by atoms with van der Waals surface area (Å²) in [5, 5.41) is 0.0148. The van der Waals surface area contributed by atoms with E-state index in [1.165, 1.54) is 0 Å². The number of hydrogen-bond acceptors (Lipinski definition) is 3. The highest BCUT2D eigenvalue weighted by Gasteiger charge is 2.41. The van der Waals surface area contributed by atoms with Crippen molar-refractivity contribution < 1.29 is 14.3 Å². The Morgan fingerprint density at radius 3 is 2.32 bits per heavy atom. The van der Waals surface area contributed by atoms with Crippen molar-refractivity contribution in [1.82, 2.24) is 0 Å². The summed E-state index contributed by atoms with van der Waals surface area (Å²) in [5.41, 5.74) is 3.15. The Kier molecular flexibility index (Phi) is 4.58. The van der Waals surface area contributed by atoms with Gasteiger partial charge in [-0.25, -0.2) is 4.90 Å². The Morgan fingerprint density at radius 2 is 1.64 bits per heavy atom. The molecule has 1 aliphatic heterocycles. The van der Waals surface area contributed by atoms with Crippen molar-refractivity contribution in [2.45, 2.75) is 20.8 Å². The van der Waals surface area contributed by atoms with Crippen molar-refractivity contribution in [3.8, 4) is 5.75 Å². The number of carbonyl (C=O) groups is 2. The molecule has 0 unspecified atom stereocenters. The lowest BCUT2D eigenvalue weighted by Crippen LogP contribution is -2.32. The highest BCUT2D eigenvalue weighted by Crippen LogP contribution is 2.35. The van der Waals surface area contributed by atoms with Gasteiger partial charge < -0.3 is 4.74 Å². The minimum atomic E-state index is -0.656. The van der Waals surface area contributed by atoms with Crippen LogP contribution in [0.2, 0.25) is 5.02 Å². The van der Waals surface area contributed by atoms with Crippen LogP contribution in [-0.2, 0) is 9.59 Å². The van der Waals surface area contributed by atoms with Gasteiger partial charge in [-0.3, -0.25) is 9.59 Å². The lowest BCUT2D eigenvalue weighted by atomic mass is 10.1. The van der Waals surface area contributed by atoms with Gasteiger partial charge in [0, 0.05) is 0 Å². The number of rotatable bonds is 3. The third-order valence-corrected chi connectivity index (χ3v) is 4.71. The largest absolute Gasteiger partial charge is 0.449 e. The smallest absolute Gasteiger partial charge is 0.302 e. The lowest BCUT2D eigenvalue weighted by Gasteiger charge is -2.16. The molecule has 6 heteroatoms. The molecule has 0 fully saturated rings. The van der Waals surface area contributed by atoms with E-state index in [0.717, 1.165) is 21.6 Å². The quantitative estimate of drug-likeness (QED) is 0.732. The molecular weight excluding hydrogens is 361 g/mol. The molecule has 1 aliphatic rings. The monoisotopic (exact) mass is 375 g/mol. The van der Waals surface area contributed by atoms with Crippen LogP contribution in [0, 0.1) is 20.8 Å². The maximum Gasteiger partial charge on any atom is 0.302 e. The number of ether oxygens (including phenoxy) is 1. The average molecular weight is 376 g/mol. The molecular formula is C19H15Cl2NO3. The van der Waals surface area contributed by atoms with Gasteiger partial charge in [0.05, 0.1) is 10.7 Å². The number of nitrogens with zero attached hydrogens (tertiary/aromatic N) is 1. The molecule has 2 aromatic carbocycles. The third kappa shape index (κ3) is 3.03. The molecule has 0 aromatic heterocycles. The van der Waals surface area contributed by atoms with E-state index in [0.29, 0.717) is 5.75 Å². The van der Waals surface area contributed by atoms with Crippen LogP contribution in [0.4, 0.5) is 5.69 Å². The molecule has 3 rings (SSSR count). The van der Waals surface area contributed by atoms with Gasteiger partial charge in [0.2, 0.25) is 5.76 Å². The first-order chi connectivity index (χ1) is 11.8. The number of amides is 2. The van der Waals surface area contributed by atoms with Crippen LogP contribution >= 0.6 is 23.2 Å². The van der Waals surface area contributed by atoms with Crippen molar-refractivity contribution in [2.75, 3.05) is 4.90 Å². The predicted octanol–water partition coefficient (Wildman–Crippen LogP) is 4.67. The number of carbonyl (C=O) groups excluding carboxylic acids is 2. The Morgan fingerprint density at radius 1 is 0.960 bits per heavy atom. The van der Waals surface area contributed by atoms with E-state index in [1.54, 1.807) is 30.3 Å². The van der Waals surface area contributed by atoms with E-state index in [-0.39, 0.29) is 21.5 Å². The highest BCUT2D eigenvalue weighted by atomic mass is 35.5. The first kappa shape index (κ1) is 17.5. The Balaban J connectivity index is 2.00. The van der Waals surface area contributed by atoms with E-state index < -0.39 is 11.8 Å². The lowest BCUT2D eigenvalue weighted by molar-refractivity contribution is -0.121. The fourth-order valence-corrected chi connectivity index (χ4v) is 3.06. The maximum absolute atomic E-state index is 12.7. The number of hydrogen-bond donors (Lipinski definition) is 0. The summed E-state index contributed by atoms with van der Waals surface area (Å²) in [6, 6.07) is 10.4. The van der Waals surface area contributed by atoms with E-state index in [2.05, 4.69) is 0 Å². The zero-order valence-electron chi connectivity index (χ0n) is 13.9. The topological polar surface area (TPSA) is 46.6 Å². The van der Waals surface area contributed by atoms with Crippen LogP contribution in [0.1, 0.15) is 16.7 Å². The average Bonchev–Trinajstić information content (AvgIpc) is 2.76. The summed E-state index contributed by atoms with van der Waals surface area (Å²) >= 11 is 12.2. The number of aryl methyl sites for hydroxylation is 2. The Bertz CT molecular complexity index is 934. The fraction of sp³-hybridized carbons (Fsp3) is 0.158. The van der Waals surface area contributed by atoms with Crippen molar-refractivity contribution in [3.63, 3.8) is 0 Å². The van der Waals surface area contributed by atoms with Crippen molar-refractivity contribution in [2.24, 2.45) is 0 Å². The normalized spacial score (nSPS) is 14.5. The van der Waals surface area contributed by atoms with Gasteiger partial charge in [0.25, 0.3) is 5.91 Å². The van der Waals surface area contributed by atoms with Gasteiger partial charge in [-0.1, -0.05) is 41.4 Å². The summed E-state index contributed by atoms with van der Waals surface area (Å²) in [4.78, 5) is 26.1. The number of halogens is 2. The van der Waals surface area contributed by atoms with Crippen LogP contribution in [-0.4, -0.2) is 11.8 Å². The third-order valence-electron chi connectivity index (χ3n) is 4.06. The molecule has 0 spiro atoms. The van der Waals surface area contributed by atoms with Crippen molar-refractivity contribution >= 4 is 40.7 Å². The molecule has 4 nitrogen and oxygen atoms in total. The van der Waals surface area contributed by atoms with E-state index >= 15 is 0 Å². The molecule has 2 amide bonds. The first-order valence-electron chi connectivity index (χ1n) is 7.60. The molecule has 0 radical (unpaired) electrons. The highest BCUT2D eigenvalue weighted by molar-refractivity contribution is 6.53. The van der Waals surface area contributed by atoms with Gasteiger partial charge in [-0.15, -0.1) is 0 Å². The molecule has 0 bridgehead atoms. The second kappa shape index (κ2) is 6.54. The first-order valence-corrected chi connectivity index (χ1v) is 8.35. The molecule has 0 saturated heterocycles. The number of para-hydroxylation sites is 1. The molecule has 0 aliphatic carbocycles. The zero-order chi connectivity index (χ0) is 18.3.